The number of nitrogens with zero attached hydrogens (tertiary/aromatic N) is 2. The Morgan fingerprint density at radius 2 is 1.96 bits per heavy atom. The molecule has 2 aromatic carbocycles. The number of aliphatic imine (C=N–C) groups is 1. The van der Waals surface area contributed by atoms with E-state index in [1.54, 1.807) is 11.8 Å². The van der Waals surface area contributed by atoms with E-state index in [1.807, 2.05) is 12.1 Å². The van der Waals surface area contributed by atoms with Crippen LogP contribution < -0.4 is 4.90 Å². The van der Waals surface area contributed by atoms with Crippen molar-refractivity contribution in [2.24, 2.45) is 16.8 Å². The summed E-state index contributed by atoms with van der Waals surface area (Å²) in [6.07, 6.45) is 0. The highest BCUT2D eigenvalue weighted by Gasteiger charge is 2.38. The highest BCUT2D eigenvalue weighted by molar-refractivity contribution is 8.14. The molecular formula is C19H19ClN2S. The Kier molecular flexibility index (Phi) is 3.86. The Morgan fingerprint density at radius 1 is 1.17 bits per heavy atom. The molecule has 0 N–H and O–H groups in total. The van der Waals surface area contributed by atoms with E-state index < -0.39 is 0 Å². The lowest BCUT2D eigenvalue weighted by Crippen LogP contribution is -2.40. The minimum absolute atomic E-state index is 0.236. The summed E-state index contributed by atoms with van der Waals surface area (Å²) in [7, 11) is 0. The van der Waals surface area contributed by atoms with Crippen LogP contribution in [0.2, 0.25) is 5.02 Å². The van der Waals surface area contributed by atoms with Gasteiger partial charge in [0, 0.05) is 22.4 Å². The smallest absolute Gasteiger partial charge is 0.169 e. The maximum atomic E-state index is 6.15. The number of thioether (sulfide) groups is 1. The summed E-state index contributed by atoms with van der Waals surface area (Å²) in [5.74, 6) is 1.08. The number of amidine groups is 1. The molecule has 0 saturated heterocycles. The van der Waals surface area contributed by atoms with E-state index >= 15 is 0 Å². The van der Waals surface area contributed by atoms with E-state index in [2.05, 4.69) is 55.1 Å². The third-order valence-electron chi connectivity index (χ3n) is 4.69. The van der Waals surface area contributed by atoms with Gasteiger partial charge in [0.1, 0.15) is 0 Å². The van der Waals surface area contributed by atoms with Crippen LogP contribution in [0.4, 0.5) is 5.69 Å². The summed E-state index contributed by atoms with van der Waals surface area (Å²) in [4.78, 5) is 8.70. The Balaban J connectivity index is 1.76. The van der Waals surface area contributed by atoms with Gasteiger partial charge in [-0.2, -0.15) is 0 Å². The maximum absolute atomic E-state index is 6.15. The highest BCUT2D eigenvalue weighted by Crippen LogP contribution is 2.47. The van der Waals surface area contributed by atoms with Gasteiger partial charge in [0.25, 0.3) is 0 Å². The lowest BCUT2D eigenvalue weighted by molar-refractivity contribution is 0.324. The van der Waals surface area contributed by atoms with Gasteiger partial charge in [-0.05, 0) is 41.4 Å². The van der Waals surface area contributed by atoms with Gasteiger partial charge in [0.15, 0.2) is 5.17 Å². The van der Waals surface area contributed by atoms with Crippen LogP contribution in [0, 0.1) is 11.8 Å². The molecule has 0 amide bonds. The molecule has 23 heavy (non-hydrogen) atoms. The number of fused-ring (bicyclic) bond motifs is 3. The van der Waals surface area contributed by atoms with Crippen molar-refractivity contribution in [3.05, 3.63) is 59.1 Å². The van der Waals surface area contributed by atoms with Crippen molar-refractivity contribution in [2.75, 3.05) is 11.4 Å². The van der Waals surface area contributed by atoms with Gasteiger partial charge in [0.2, 0.25) is 0 Å². The fraction of sp³-hybridized carbons (Fsp3) is 0.316. The Morgan fingerprint density at radius 3 is 2.70 bits per heavy atom. The van der Waals surface area contributed by atoms with Gasteiger partial charge in [-0.15, -0.1) is 0 Å². The van der Waals surface area contributed by atoms with Crippen LogP contribution in [0.5, 0.6) is 0 Å². The number of rotatable bonds is 2. The molecule has 0 spiro atoms. The van der Waals surface area contributed by atoms with Crippen molar-refractivity contribution < 1.29 is 0 Å². The Labute approximate surface area is 146 Å². The molecule has 118 valence electrons. The number of halogens is 1. The maximum Gasteiger partial charge on any atom is 0.169 e. The zero-order valence-corrected chi connectivity index (χ0v) is 14.8. The Hall–Kier alpha value is -1.45. The average molecular weight is 343 g/mol. The SMILES string of the molecule is CC(C)[C@@H]1CN2C(=N[C@@H]1c1ccccc1)Sc1cc(Cl)ccc12. The van der Waals surface area contributed by atoms with Gasteiger partial charge in [-0.1, -0.05) is 55.8 Å². The number of hydrogen-bond acceptors (Lipinski definition) is 3. The van der Waals surface area contributed by atoms with Crippen molar-refractivity contribution in [3.63, 3.8) is 0 Å². The molecule has 2 aliphatic rings. The van der Waals surface area contributed by atoms with Crippen LogP contribution in [0.3, 0.4) is 0 Å². The van der Waals surface area contributed by atoms with Crippen molar-refractivity contribution in [3.8, 4) is 0 Å². The predicted octanol–water partition coefficient (Wildman–Crippen LogP) is 5.64. The van der Waals surface area contributed by atoms with Crippen LogP contribution in [0.1, 0.15) is 25.5 Å². The monoisotopic (exact) mass is 342 g/mol. The Bertz CT molecular complexity index is 757. The minimum atomic E-state index is 0.236. The first-order valence-electron chi connectivity index (χ1n) is 8.01. The first kappa shape index (κ1) is 15.1. The van der Waals surface area contributed by atoms with Gasteiger partial charge >= 0.3 is 0 Å². The molecule has 0 unspecified atom stereocenters. The zero-order valence-electron chi connectivity index (χ0n) is 13.2. The first-order valence-corrected chi connectivity index (χ1v) is 9.20. The van der Waals surface area contributed by atoms with Gasteiger partial charge < -0.3 is 4.90 Å². The van der Waals surface area contributed by atoms with Crippen molar-refractivity contribution in [1.29, 1.82) is 0 Å². The molecule has 4 rings (SSSR count). The lowest BCUT2D eigenvalue weighted by atomic mass is 9.83. The summed E-state index contributed by atoms with van der Waals surface area (Å²) in [6, 6.07) is 17.0. The molecule has 0 saturated carbocycles. The molecule has 2 aliphatic heterocycles. The fourth-order valence-electron chi connectivity index (χ4n) is 3.39. The van der Waals surface area contributed by atoms with E-state index in [0.29, 0.717) is 11.8 Å². The number of anilines is 1. The van der Waals surface area contributed by atoms with Gasteiger partial charge in [-0.3, -0.25) is 4.99 Å². The highest BCUT2D eigenvalue weighted by atomic mass is 35.5. The molecule has 2 heterocycles. The molecule has 2 atom stereocenters. The molecular weight excluding hydrogens is 324 g/mol. The van der Waals surface area contributed by atoms with Crippen LogP contribution in [0.15, 0.2) is 58.4 Å². The molecule has 0 bridgehead atoms. The number of benzene rings is 2. The molecule has 0 aliphatic carbocycles. The van der Waals surface area contributed by atoms with Crippen LogP contribution in [-0.2, 0) is 0 Å². The lowest BCUT2D eigenvalue weighted by Gasteiger charge is -2.37. The van der Waals surface area contributed by atoms with Crippen LogP contribution in [-0.4, -0.2) is 11.7 Å². The molecule has 0 aromatic heterocycles. The predicted molar refractivity (Wildman–Crippen MR) is 99.6 cm³/mol. The summed E-state index contributed by atoms with van der Waals surface area (Å²) in [5.41, 5.74) is 2.56. The molecule has 4 heteroatoms. The normalized spacial score (nSPS) is 22.8. The summed E-state index contributed by atoms with van der Waals surface area (Å²) in [5, 5.41) is 1.89. The minimum Gasteiger partial charge on any atom is -0.319 e. The third-order valence-corrected chi connectivity index (χ3v) is 5.98. The van der Waals surface area contributed by atoms with E-state index in [9.17, 15) is 0 Å². The zero-order chi connectivity index (χ0) is 16.0. The summed E-state index contributed by atoms with van der Waals surface area (Å²) < 4.78 is 0. The molecule has 2 nitrogen and oxygen atoms in total. The van der Waals surface area contributed by atoms with E-state index in [0.717, 1.165) is 16.7 Å². The van der Waals surface area contributed by atoms with Crippen molar-refractivity contribution in [1.82, 2.24) is 0 Å². The van der Waals surface area contributed by atoms with Gasteiger partial charge in [-0.25, -0.2) is 0 Å². The van der Waals surface area contributed by atoms with Crippen LogP contribution in [0.25, 0.3) is 0 Å². The third kappa shape index (κ3) is 2.66. The topological polar surface area (TPSA) is 15.6 Å². The summed E-state index contributed by atoms with van der Waals surface area (Å²) in [6.45, 7) is 5.61. The summed E-state index contributed by atoms with van der Waals surface area (Å²) >= 11 is 7.89. The second-order valence-electron chi connectivity index (χ2n) is 6.50. The molecule has 2 aromatic rings. The van der Waals surface area contributed by atoms with Crippen molar-refractivity contribution >= 4 is 34.2 Å². The molecule has 0 radical (unpaired) electrons. The number of hydrogen-bond donors (Lipinski definition) is 0. The fourth-order valence-corrected chi connectivity index (χ4v) is 4.75. The average Bonchev–Trinajstić information content (AvgIpc) is 2.90. The standard InChI is InChI=1S/C19H19ClN2S/c1-12(2)15-11-22-16-9-8-14(20)10-17(16)23-19(22)21-18(15)13-6-4-3-5-7-13/h3-10,12,15,18H,11H2,1-2H3/t15-,18+/m0/s1. The molecule has 0 fully saturated rings. The van der Waals surface area contributed by atoms with E-state index in [-0.39, 0.29) is 6.04 Å². The quantitative estimate of drug-likeness (QED) is 0.702. The van der Waals surface area contributed by atoms with E-state index in [1.165, 1.54) is 16.1 Å². The van der Waals surface area contributed by atoms with Crippen molar-refractivity contribution in [2.45, 2.75) is 24.8 Å². The van der Waals surface area contributed by atoms with Gasteiger partial charge in [0.05, 0.1) is 11.7 Å². The van der Waals surface area contributed by atoms with E-state index in [4.69, 9.17) is 16.6 Å². The van der Waals surface area contributed by atoms with Crippen LogP contribution >= 0.6 is 23.4 Å². The second-order valence-corrected chi connectivity index (χ2v) is 7.95. The largest absolute Gasteiger partial charge is 0.319 e. The first-order chi connectivity index (χ1) is 11.1. The second kappa shape index (κ2) is 5.88.